The van der Waals surface area contributed by atoms with Gasteiger partial charge in [-0.1, -0.05) is 13.3 Å². The lowest BCUT2D eigenvalue weighted by molar-refractivity contribution is -0.182. The third kappa shape index (κ3) is 1.97. The first-order valence-electron chi connectivity index (χ1n) is 5.67. The number of fused-ring (bicyclic) bond motifs is 1. The van der Waals surface area contributed by atoms with Crippen molar-refractivity contribution in [2.24, 2.45) is 17.8 Å². The van der Waals surface area contributed by atoms with Gasteiger partial charge in [-0.2, -0.15) is 21.6 Å². The zero-order valence-electron chi connectivity index (χ0n) is 9.57. The fourth-order valence-corrected chi connectivity index (χ4v) is 5.43. The van der Waals surface area contributed by atoms with E-state index in [0.29, 0.717) is 6.42 Å². The van der Waals surface area contributed by atoms with Gasteiger partial charge in [0.1, 0.15) is 5.25 Å². The van der Waals surface area contributed by atoms with Gasteiger partial charge in [-0.15, -0.1) is 0 Å². The van der Waals surface area contributed by atoms with Gasteiger partial charge in [-0.25, -0.2) is 0 Å². The van der Waals surface area contributed by atoms with E-state index in [4.69, 9.17) is 4.18 Å². The van der Waals surface area contributed by atoms with Gasteiger partial charge >= 0.3 is 6.18 Å². The van der Waals surface area contributed by atoms with E-state index in [2.05, 4.69) is 0 Å². The highest BCUT2D eigenvalue weighted by Gasteiger charge is 2.64. The molecule has 0 aromatic carbocycles. The van der Waals surface area contributed by atoms with Gasteiger partial charge in [-0.05, 0) is 19.3 Å². The Morgan fingerprint density at radius 2 is 1.94 bits per heavy atom. The monoisotopic (exact) mass is 272 g/mol. The number of rotatable bonds is 1. The molecule has 2 rings (SSSR count). The molecule has 1 aliphatic carbocycles. The van der Waals surface area contributed by atoms with Crippen LogP contribution in [0.2, 0.25) is 0 Å². The summed E-state index contributed by atoms with van der Waals surface area (Å²) in [5.41, 5.74) is 0. The van der Waals surface area contributed by atoms with Gasteiger partial charge in [0.2, 0.25) is 0 Å². The summed E-state index contributed by atoms with van der Waals surface area (Å²) >= 11 is 0. The molecule has 0 amide bonds. The second kappa shape index (κ2) is 3.85. The average Bonchev–Trinajstić information content (AvgIpc) is 2.63. The molecule has 100 valence electrons. The minimum absolute atomic E-state index is 0.283. The zero-order chi connectivity index (χ0) is 13.0. The molecule has 7 heteroatoms. The molecule has 5 atom stereocenters. The van der Waals surface area contributed by atoms with Crippen molar-refractivity contribution in [3.63, 3.8) is 0 Å². The molecule has 1 saturated heterocycles. The summed E-state index contributed by atoms with van der Waals surface area (Å²) in [6.07, 6.45) is -4.47. The summed E-state index contributed by atoms with van der Waals surface area (Å²) in [5.74, 6) is -2.89. The van der Waals surface area contributed by atoms with Gasteiger partial charge in [0.15, 0.2) is 0 Å². The van der Waals surface area contributed by atoms with Crippen LogP contribution in [0, 0.1) is 17.8 Å². The van der Waals surface area contributed by atoms with E-state index >= 15 is 0 Å². The molecule has 3 nitrogen and oxygen atoms in total. The quantitative estimate of drug-likeness (QED) is 0.688. The molecule has 2 fully saturated rings. The molecule has 2 aliphatic rings. The molecule has 5 unspecified atom stereocenters. The van der Waals surface area contributed by atoms with E-state index in [9.17, 15) is 21.6 Å². The molecular weight excluding hydrogens is 257 g/mol. The van der Waals surface area contributed by atoms with E-state index in [1.807, 2.05) is 0 Å². The average molecular weight is 272 g/mol. The Morgan fingerprint density at radius 3 is 2.41 bits per heavy atom. The van der Waals surface area contributed by atoms with Crippen LogP contribution in [-0.4, -0.2) is 25.9 Å². The molecule has 0 aromatic rings. The predicted octanol–water partition coefficient (Wildman–Crippen LogP) is 2.33. The third-order valence-electron chi connectivity index (χ3n) is 3.98. The molecule has 17 heavy (non-hydrogen) atoms. The Kier molecular flexibility index (Phi) is 2.97. The highest BCUT2D eigenvalue weighted by molar-refractivity contribution is 7.87. The van der Waals surface area contributed by atoms with Gasteiger partial charge in [0.25, 0.3) is 10.1 Å². The summed E-state index contributed by atoms with van der Waals surface area (Å²) in [4.78, 5) is 0. The molecule has 0 radical (unpaired) electrons. The van der Waals surface area contributed by atoms with Crippen molar-refractivity contribution in [3.05, 3.63) is 0 Å². The zero-order valence-corrected chi connectivity index (χ0v) is 10.4. The SMILES string of the molecule is CCC1CC2C(C)OS(=O)(=O)C2C1C(F)(F)F. The molecule has 1 saturated carbocycles. The summed E-state index contributed by atoms with van der Waals surface area (Å²) in [5, 5.41) is -1.40. The lowest BCUT2D eigenvalue weighted by Crippen LogP contribution is -2.38. The topological polar surface area (TPSA) is 43.4 Å². The maximum Gasteiger partial charge on any atom is 0.393 e. The number of hydrogen-bond donors (Lipinski definition) is 0. The largest absolute Gasteiger partial charge is 0.393 e. The Morgan fingerprint density at radius 1 is 1.35 bits per heavy atom. The normalized spacial score (nSPS) is 44.9. The van der Waals surface area contributed by atoms with Crippen LogP contribution < -0.4 is 0 Å². The first-order valence-corrected chi connectivity index (χ1v) is 7.14. The molecule has 1 aliphatic heterocycles. The summed E-state index contributed by atoms with van der Waals surface area (Å²) < 4.78 is 67.0. The summed E-state index contributed by atoms with van der Waals surface area (Å²) in [6, 6.07) is 0. The molecule has 1 heterocycles. The Bertz CT molecular complexity index is 404. The van der Waals surface area contributed by atoms with Gasteiger partial charge in [0.05, 0.1) is 12.0 Å². The molecule has 0 aromatic heterocycles. The fourth-order valence-electron chi connectivity index (χ4n) is 3.24. The van der Waals surface area contributed by atoms with E-state index in [1.165, 1.54) is 6.92 Å². The summed E-state index contributed by atoms with van der Waals surface area (Å²) in [6.45, 7) is 3.20. The Labute approximate surface area is 98.5 Å². The lowest BCUT2D eigenvalue weighted by atomic mass is 9.93. The molecule has 0 spiro atoms. The molecule has 0 bridgehead atoms. The molecule has 0 N–H and O–H groups in total. The van der Waals surface area contributed by atoms with Crippen LogP contribution in [0.5, 0.6) is 0 Å². The highest BCUT2D eigenvalue weighted by atomic mass is 32.2. The predicted molar refractivity (Wildman–Crippen MR) is 54.7 cm³/mol. The van der Waals surface area contributed by atoms with Crippen molar-refractivity contribution in [1.82, 2.24) is 0 Å². The number of halogens is 3. The standard InChI is InChI=1S/C10H15F3O3S/c1-3-6-4-7-5(2)16-17(14,15)9(7)8(6)10(11,12)13/h5-9H,3-4H2,1-2H3. The Hall–Kier alpha value is -0.300. The van der Waals surface area contributed by atoms with Crippen LogP contribution in [0.4, 0.5) is 13.2 Å². The fraction of sp³-hybridized carbons (Fsp3) is 1.00. The second-order valence-corrected chi connectivity index (χ2v) is 6.62. The number of alkyl halides is 3. The summed E-state index contributed by atoms with van der Waals surface area (Å²) in [7, 11) is -4.07. The minimum Gasteiger partial charge on any atom is -0.266 e. The van der Waals surface area contributed by atoms with Crippen molar-refractivity contribution < 1.29 is 25.8 Å². The van der Waals surface area contributed by atoms with Crippen LogP contribution in [0.25, 0.3) is 0 Å². The van der Waals surface area contributed by atoms with Gasteiger partial charge in [-0.3, -0.25) is 4.18 Å². The van der Waals surface area contributed by atoms with E-state index in [1.54, 1.807) is 6.92 Å². The lowest BCUT2D eigenvalue weighted by Gasteiger charge is -2.24. The first-order chi connectivity index (χ1) is 7.68. The van der Waals surface area contributed by atoms with Crippen molar-refractivity contribution in [2.75, 3.05) is 0 Å². The molecular formula is C10H15F3O3S. The smallest absolute Gasteiger partial charge is 0.266 e. The number of hydrogen-bond acceptors (Lipinski definition) is 3. The minimum atomic E-state index is -4.47. The van der Waals surface area contributed by atoms with Crippen molar-refractivity contribution >= 4 is 10.1 Å². The third-order valence-corrected chi connectivity index (χ3v) is 5.86. The maximum absolute atomic E-state index is 13.0. The van der Waals surface area contributed by atoms with Crippen LogP contribution >= 0.6 is 0 Å². The highest BCUT2D eigenvalue weighted by Crippen LogP contribution is 2.54. The van der Waals surface area contributed by atoms with E-state index < -0.39 is 45.4 Å². The van der Waals surface area contributed by atoms with Crippen LogP contribution in [0.3, 0.4) is 0 Å². The van der Waals surface area contributed by atoms with Crippen molar-refractivity contribution in [1.29, 1.82) is 0 Å². The second-order valence-electron chi connectivity index (χ2n) is 4.89. The van der Waals surface area contributed by atoms with Crippen molar-refractivity contribution in [2.45, 2.75) is 44.2 Å². The van der Waals surface area contributed by atoms with Crippen LogP contribution in [0.15, 0.2) is 0 Å². The van der Waals surface area contributed by atoms with Gasteiger partial charge < -0.3 is 0 Å². The van der Waals surface area contributed by atoms with E-state index in [0.717, 1.165) is 0 Å². The van der Waals surface area contributed by atoms with Gasteiger partial charge in [0, 0.05) is 5.92 Å². The van der Waals surface area contributed by atoms with E-state index in [-0.39, 0.29) is 6.42 Å². The van der Waals surface area contributed by atoms with Crippen molar-refractivity contribution in [3.8, 4) is 0 Å². The first kappa shape index (κ1) is 13.1. The Balaban J connectivity index is 2.42. The van der Waals surface area contributed by atoms with Crippen LogP contribution in [0.1, 0.15) is 26.7 Å². The van der Waals surface area contributed by atoms with Crippen LogP contribution in [-0.2, 0) is 14.3 Å². The maximum atomic E-state index is 13.0.